The summed E-state index contributed by atoms with van der Waals surface area (Å²) in [6, 6.07) is 10.7. The van der Waals surface area contributed by atoms with E-state index in [1.165, 1.54) is 5.56 Å². The Morgan fingerprint density at radius 2 is 1.85 bits per heavy atom. The van der Waals surface area contributed by atoms with Gasteiger partial charge in [-0.2, -0.15) is 0 Å². The van der Waals surface area contributed by atoms with E-state index >= 15 is 0 Å². The Labute approximate surface area is 119 Å². The summed E-state index contributed by atoms with van der Waals surface area (Å²) in [5.74, 6) is 0.606. The lowest BCUT2D eigenvalue weighted by atomic mass is 9.86. The van der Waals surface area contributed by atoms with Crippen LogP contribution >= 0.6 is 0 Å². The zero-order valence-electron chi connectivity index (χ0n) is 11.8. The van der Waals surface area contributed by atoms with Gasteiger partial charge in [-0.1, -0.05) is 30.3 Å². The van der Waals surface area contributed by atoms with Gasteiger partial charge in [0.15, 0.2) is 0 Å². The van der Waals surface area contributed by atoms with Gasteiger partial charge in [0.1, 0.15) is 5.69 Å². The molecule has 0 aliphatic heterocycles. The number of benzene rings is 1. The number of hydrogen-bond donors (Lipinski definition) is 1. The zero-order chi connectivity index (χ0) is 14.0. The van der Waals surface area contributed by atoms with Crippen LogP contribution in [0.15, 0.2) is 42.7 Å². The van der Waals surface area contributed by atoms with Crippen molar-refractivity contribution in [2.75, 3.05) is 14.2 Å². The van der Waals surface area contributed by atoms with E-state index < -0.39 is 0 Å². The summed E-state index contributed by atoms with van der Waals surface area (Å²) in [5, 5.41) is 3.41. The molecule has 1 aliphatic rings. The number of hydrogen-bond acceptors (Lipinski definition) is 4. The Hall–Kier alpha value is -1.94. The van der Waals surface area contributed by atoms with Crippen molar-refractivity contribution in [3.05, 3.63) is 54.0 Å². The van der Waals surface area contributed by atoms with Gasteiger partial charge >= 0.3 is 0 Å². The molecule has 1 aromatic carbocycles. The van der Waals surface area contributed by atoms with Gasteiger partial charge in [0.05, 0.1) is 13.2 Å². The third kappa shape index (κ3) is 2.06. The van der Waals surface area contributed by atoms with Crippen molar-refractivity contribution >= 4 is 0 Å². The highest BCUT2D eigenvalue weighted by Crippen LogP contribution is 2.56. The standard InChI is InChI=1S/C16H19N3O/c1-17-14(13-15(20-2)19-11-10-18-13)16(8-9-16)12-6-4-3-5-7-12/h3-7,10-11,14,17H,8-9H2,1-2H3. The molecule has 0 spiro atoms. The number of rotatable bonds is 5. The maximum atomic E-state index is 5.37. The van der Waals surface area contributed by atoms with Gasteiger partial charge in [-0.15, -0.1) is 0 Å². The molecule has 20 heavy (non-hydrogen) atoms. The molecule has 1 aliphatic carbocycles. The molecular weight excluding hydrogens is 250 g/mol. The summed E-state index contributed by atoms with van der Waals surface area (Å²) in [4.78, 5) is 8.78. The van der Waals surface area contributed by atoms with E-state index in [2.05, 4.69) is 45.6 Å². The van der Waals surface area contributed by atoms with Crippen LogP contribution in [0.1, 0.15) is 30.1 Å². The van der Waals surface area contributed by atoms with E-state index in [0.29, 0.717) is 5.88 Å². The first-order valence-corrected chi connectivity index (χ1v) is 6.89. The molecule has 2 aromatic rings. The van der Waals surface area contributed by atoms with E-state index in [-0.39, 0.29) is 11.5 Å². The van der Waals surface area contributed by atoms with Crippen LogP contribution in [0.4, 0.5) is 0 Å². The minimum atomic E-state index is 0.110. The topological polar surface area (TPSA) is 47.0 Å². The van der Waals surface area contributed by atoms with Crippen molar-refractivity contribution in [2.45, 2.75) is 24.3 Å². The van der Waals surface area contributed by atoms with Crippen molar-refractivity contribution in [3.8, 4) is 5.88 Å². The predicted molar refractivity (Wildman–Crippen MR) is 77.7 cm³/mol. The molecule has 4 nitrogen and oxygen atoms in total. The van der Waals surface area contributed by atoms with E-state index in [1.54, 1.807) is 19.5 Å². The third-order valence-corrected chi connectivity index (χ3v) is 4.14. The fourth-order valence-electron chi connectivity index (χ4n) is 3.01. The molecule has 0 radical (unpaired) electrons. The molecule has 104 valence electrons. The molecule has 0 bridgehead atoms. The van der Waals surface area contributed by atoms with Crippen LogP contribution in [0.2, 0.25) is 0 Å². The normalized spacial score (nSPS) is 17.5. The van der Waals surface area contributed by atoms with Gasteiger partial charge in [-0.05, 0) is 25.5 Å². The molecule has 4 heteroatoms. The second kappa shape index (κ2) is 5.21. The smallest absolute Gasteiger partial charge is 0.237 e. The highest BCUT2D eigenvalue weighted by Gasteiger charge is 2.52. The van der Waals surface area contributed by atoms with Crippen LogP contribution < -0.4 is 10.1 Å². The monoisotopic (exact) mass is 269 g/mol. The van der Waals surface area contributed by atoms with Crippen molar-refractivity contribution < 1.29 is 4.74 Å². The number of ether oxygens (including phenoxy) is 1. The van der Waals surface area contributed by atoms with Crippen molar-refractivity contribution in [1.29, 1.82) is 0 Å². The SMILES string of the molecule is CNC(c1nccnc1OC)C1(c2ccccc2)CC1. The van der Waals surface area contributed by atoms with Crippen molar-refractivity contribution in [3.63, 3.8) is 0 Å². The minimum Gasteiger partial charge on any atom is -0.480 e. The third-order valence-electron chi connectivity index (χ3n) is 4.14. The van der Waals surface area contributed by atoms with E-state index in [9.17, 15) is 0 Å². The molecule has 0 amide bonds. The summed E-state index contributed by atoms with van der Waals surface area (Å²) in [7, 11) is 3.62. The van der Waals surface area contributed by atoms with Crippen LogP contribution in [0.25, 0.3) is 0 Å². The zero-order valence-corrected chi connectivity index (χ0v) is 11.8. The highest BCUT2D eigenvalue weighted by atomic mass is 16.5. The molecule has 3 rings (SSSR count). The number of likely N-dealkylation sites (N-methyl/N-ethyl adjacent to an activating group) is 1. The Morgan fingerprint density at radius 1 is 1.15 bits per heavy atom. The van der Waals surface area contributed by atoms with Gasteiger partial charge in [0.2, 0.25) is 5.88 Å². The summed E-state index contributed by atoms with van der Waals surface area (Å²) >= 11 is 0. The maximum Gasteiger partial charge on any atom is 0.237 e. The average Bonchev–Trinajstić information content (AvgIpc) is 3.31. The fraction of sp³-hybridized carbons (Fsp3) is 0.375. The quantitative estimate of drug-likeness (QED) is 0.906. The molecule has 0 saturated heterocycles. The highest BCUT2D eigenvalue weighted by molar-refractivity contribution is 5.38. The summed E-state index contributed by atoms with van der Waals surface area (Å²) in [6.45, 7) is 0. The fourth-order valence-corrected chi connectivity index (χ4v) is 3.01. The molecule has 1 atom stereocenters. The molecular formula is C16H19N3O. The molecule has 1 saturated carbocycles. The second-order valence-electron chi connectivity index (χ2n) is 5.19. The summed E-state index contributed by atoms with van der Waals surface area (Å²) < 4.78 is 5.37. The summed E-state index contributed by atoms with van der Waals surface area (Å²) in [5.41, 5.74) is 2.35. The van der Waals surface area contributed by atoms with Gasteiger partial charge < -0.3 is 10.1 Å². The molecule has 1 unspecified atom stereocenters. The number of aromatic nitrogens is 2. The minimum absolute atomic E-state index is 0.110. The average molecular weight is 269 g/mol. The molecule has 1 fully saturated rings. The van der Waals surface area contributed by atoms with Crippen LogP contribution in [-0.4, -0.2) is 24.1 Å². The van der Waals surface area contributed by atoms with E-state index in [1.807, 2.05) is 7.05 Å². The van der Waals surface area contributed by atoms with E-state index in [0.717, 1.165) is 18.5 Å². The Kier molecular flexibility index (Phi) is 3.40. The van der Waals surface area contributed by atoms with Gasteiger partial charge in [-0.25, -0.2) is 4.98 Å². The first-order valence-electron chi connectivity index (χ1n) is 6.89. The predicted octanol–water partition coefficient (Wildman–Crippen LogP) is 2.48. The molecule has 1 N–H and O–H groups in total. The first-order chi connectivity index (χ1) is 9.81. The Morgan fingerprint density at radius 3 is 2.45 bits per heavy atom. The lowest BCUT2D eigenvalue weighted by Crippen LogP contribution is -2.31. The number of methoxy groups -OCH3 is 1. The summed E-state index contributed by atoms with van der Waals surface area (Å²) in [6.07, 6.45) is 5.70. The second-order valence-corrected chi connectivity index (χ2v) is 5.19. The number of nitrogens with one attached hydrogen (secondary N) is 1. The Bertz CT molecular complexity index is 581. The van der Waals surface area contributed by atoms with Gasteiger partial charge in [0.25, 0.3) is 0 Å². The van der Waals surface area contributed by atoms with Crippen LogP contribution in [0, 0.1) is 0 Å². The van der Waals surface area contributed by atoms with Crippen LogP contribution in [-0.2, 0) is 5.41 Å². The largest absolute Gasteiger partial charge is 0.480 e. The molecule has 1 aromatic heterocycles. The maximum absolute atomic E-state index is 5.37. The first kappa shape index (κ1) is 13.1. The lowest BCUT2D eigenvalue weighted by molar-refractivity contribution is 0.365. The molecule has 1 heterocycles. The van der Waals surface area contributed by atoms with Gasteiger partial charge in [-0.3, -0.25) is 4.98 Å². The van der Waals surface area contributed by atoms with E-state index in [4.69, 9.17) is 4.74 Å². The van der Waals surface area contributed by atoms with Crippen molar-refractivity contribution in [1.82, 2.24) is 15.3 Å². The Balaban J connectivity index is 2.02. The van der Waals surface area contributed by atoms with Crippen LogP contribution in [0.3, 0.4) is 0 Å². The lowest BCUT2D eigenvalue weighted by Gasteiger charge is -2.27. The van der Waals surface area contributed by atoms with Gasteiger partial charge in [0, 0.05) is 17.8 Å². The van der Waals surface area contributed by atoms with Crippen molar-refractivity contribution in [2.24, 2.45) is 0 Å². The van der Waals surface area contributed by atoms with Crippen LogP contribution in [0.5, 0.6) is 5.88 Å². The number of nitrogens with zero attached hydrogens (tertiary/aromatic N) is 2.